The van der Waals surface area contributed by atoms with Crippen molar-refractivity contribution >= 4 is 94.0 Å². The highest BCUT2D eigenvalue weighted by Crippen LogP contribution is 2.47. The summed E-state index contributed by atoms with van der Waals surface area (Å²) in [6.07, 6.45) is 5.11. The summed E-state index contributed by atoms with van der Waals surface area (Å²) in [7, 11) is 0. The van der Waals surface area contributed by atoms with Gasteiger partial charge < -0.3 is 18.8 Å². The van der Waals surface area contributed by atoms with E-state index in [9.17, 15) is 0 Å². The van der Waals surface area contributed by atoms with Crippen LogP contribution in [0, 0.1) is 11.6 Å². The summed E-state index contributed by atoms with van der Waals surface area (Å²) < 4.78 is 35.7. The SMILES string of the molecule is C/C(=C\C=C1/Cc2cccc3c4cc5c(cc4n1c23)c1cccc2c3cc(N(c4ccccc4)c4ccccc4F)ccc3n5c21)N(c1ccccc1)c1ccccc1F. The molecular weight excluding hydrogens is 743 g/mol. The summed E-state index contributed by atoms with van der Waals surface area (Å²) in [5.74, 6) is -0.547. The summed E-state index contributed by atoms with van der Waals surface area (Å²) >= 11 is 0. The van der Waals surface area contributed by atoms with E-state index in [4.69, 9.17) is 0 Å². The van der Waals surface area contributed by atoms with Gasteiger partial charge >= 0.3 is 0 Å². The van der Waals surface area contributed by atoms with Crippen LogP contribution < -0.4 is 9.80 Å². The first-order valence-electron chi connectivity index (χ1n) is 20.3. The number of para-hydroxylation sites is 6. The molecule has 1 aliphatic heterocycles. The smallest absolute Gasteiger partial charge is 0.147 e. The average molecular weight is 779 g/mol. The minimum absolute atomic E-state index is 0.271. The van der Waals surface area contributed by atoms with Crippen LogP contribution in [-0.2, 0) is 6.42 Å². The molecule has 0 aliphatic carbocycles. The highest BCUT2D eigenvalue weighted by molar-refractivity contribution is 6.27. The molecule has 1 aliphatic rings. The monoisotopic (exact) mass is 778 g/mol. The largest absolute Gasteiger partial charge is 0.312 e. The van der Waals surface area contributed by atoms with Gasteiger partial charge in [-0.2, -0.15) is 0 Å². The fraction of sp³-hybridized carbons (Fsp3) is 0.0370. The highest BCUT2D eigenvalue weighted by Gasteiger charge is 2.26. The molecule has 0 fully saturated rings. The molecule has 0 bridgehead atoms. The first kappa shape index (κ1) is 34.4. The van der Waals surface area contributed by atoms with Crippen molar-refractivity contribution in [3.8, 4) is 0 Å². The van der Waals surface area contributed by atoms with E-state index < -0.39 is 0 Å². The minimum Gasteiger partial charge on any atom is -0.312 e. The number of aromatic nitrogens is 2. The Morgan fingerprint density at radius 2 is 1.08 bits per heavy atom. The van der Waals surface area contributed by atoms with Gasteiger partial charge in [0, 0.05) is 67.2 Å². The third-order valence-electron chi connectivity index (χ3n) is 12.3. The van der Waals surface area contributed by atoms with Crippen LogP contribution in [0.5, 0.6) is 0 Å². The van der Waals surface area contributed by atoms with Gasteiger partial charge in [-0.3, -0.25) is 0 Å². The molecule has 0 N–H and O–H groups in total. The van der Waals surface area contributed by atoms with Gasteiger partial charge in [0.25, 0.3) is 0 Å². The second-order valence-electron chi connectivity index (χ2n) is 15.7. The summed E-state index contributed by atoms with van der Waals surface area (Å²) in [6.45, 7) is 2.04. The second-order valence-corrected chi connectivity index (χ2v) is 15.7. The van der Waals surface area contributed by atoms with E-state index >= 15 is 8.78 Å². The molecule has 3 aromatic heterocycles. The lowest BCUT2D eigenvalue weighted by Crippen LogP contribution is -2.15. The molecule has 4 heterocycles. The minimum atomic E-state index is -0.276. The maximum atomic E-state index is 15.5. The number of halogens is 2. The van der Waals surface area contributed by atoms with E-state index in [0.29, 0.717) is 11.4 Å². The maximum absolute atomic E-state index is 15.5. The Bertz CT molecular complexity index is 3560. The van der Waals surface area contributed by atoms with Gasteiger partial charge in [-0.25, -0.2) is 8.78 Å². The van der Waals surface area contributed by atoms with Gasteiger partial charge in [0.2, 0.25) is 0 Å². The van der Waals surface area contributed by atoms with Crippen molar-refractivity contribution in [3.63, 3.8) is 0 Å². The standard InChI is InChI=1S/C54H36F2N4/c1-34(57(36-15-4-2-5-16-36)49-24-10-8-22-46(49)55)26-27-38-30-35-14-12-19-40-44-33-52-45(32-51(44)59(38)53(35)40)42-21-13-20-41-43-31-39(28-29-48(43)60(52)54(41)42)58(37-17-6-3-7-18-37)50-25-11-9-23-47(50)56/h2-29,31-33H,30H2,1H3/b34-26+,38-27+. The number of rotatable bonds is 7. The van der Waals surface area contributed by atoms with Crippen molar-refractivity contribution in [2.24, 2.45) is 0 Å². The fourth-order valence-electron chi connectivity index (χ4n) is 9.76. The number of anilines is 5. The van der Waals surface area contributed by atoms with E-state index in [-0.39, 0.29) is 11.6 Å². The third kappa shape index (κ3) is 5.00. The van der Waals surface area contributed by atoms with Crippen LogP contribution in [0.15, 0.2) is 194 Å². The number of hydrogen-bond donors (Lipinski definition) is 0. The molecule has 286 valence electrons. The Hall–Kier alpha value is -7.70. The topological polar surface area (TPSA) is 15.8 Å². The first-order chi connectivity index (χ1) is 29.5. The Morgan fingerprint density at radius 3 is 1.80 bits per heavy atom. The van der Waals surface area contributed by atoms with E-state index in [1.54, 1.807) is 12.1 Å². The lowest BCUT2D eigenvalue weighted by Gasteiger charge is -2.26. The van der Waals surface area contributed by atoms with Crippen molar-refractivity contribution in [3.05, 3.63) is 211 Å². The van der Waals surface area contributed by atoms with Crippen LogP contribution in [0.1, 0.15) is 12.5 Å². The molecule has 0 radical (unpaired) electrons. The fourth-order valence-corrected chi connectivity index (χ4v) is 9.76. The van der Waals surface area contributed by atoms with Crippen LogP contribution in [0.25, 0.3) is 65.6 Å². The molecule has 60 heavy (non-hydrogen) atoms. The number of fused-ring (bicyclic) bond motifs is 9. The third-order valence-corrected chi connectivity index (χ3v) is 12.3. The van der Waals surface area contributed by atoms with Crippen molar-refractivity contribution in [2.75, 3.05) is 9.80 Å². The van der Waals surface area contributed by atoms with E-state index in [1.807, 2.05) is 102 Å². The second kappa shape index (κ2) is 13.2. The molecule has 6 heteroatoms. The van der Waals surface area contributed by atoms with Crippen molar-refractivity contribution in [1.82, 2.24) is 8.97 Å². The van der Waals surface area contributed by atoms with Crippen molar-refractivity contribution in [2.45, 2.75) is 13.3 Å². The number of hydrogen-bond acceptors (Lipinski definition) is 2. The van der Waals surface area contributed by atoms with E-state index in [0.717, 1.165) is 56.5 Å². The summed E-state index contributed by atoms with van der Waals surface area (Å²) in [5.41, 5.74) is 12.9. The molecule has 4 nitrogen and oxygen atoms in total. The van der Waals surface area contributed by atoms with Crippen molar-refractivity contribution in [1.29, 1.82) is 0 Å². The Labute approximate surface area is 344 Å². The normalized spacial score (nSPS) is 13.7. The Kier molecular flexibility index (Phi) is 7.54. The van der Waals surface area contributed by atoms with Crippen LogP contribution in [-0.4, -0.2) is 8.97 Å². The zero-order chi connectivity index (χ0) is 40.1. The number of allylic oxidation sites excluding steroid dienone is 4. The zero-order valence-corrected chi connectivity index (χ0v) is 32.6. The molecule has 0 saturated carbocycles. The van der Waals surface area contributed by atoms with Gasteiger partial charge in [0.1, 0.15) is 11.6 Å². The Morgan fingerprint density at radius 1 is 0.500 bits per heavy atom. The van der Waals surface area contributed by atoms with Gasteiger partial charge in [-0.05, 0) is 104 Å². The van der Waals surface area contributed by atoms with E-state index in [1.165, 1.54) is 56.0 Å². The van der Waals surface area contributed by atoms with Gasteiger partial charge in [0.15, 0.2) is 0 Å². The molecular formula is C54H36F2N4. The van der Waals surface area contributed by atoms with Crippen LogP contribution in [0.4, 0.5) is 37.2 Å². The average Bonchev–Trinajstić information content (AvgIpc) is 4.02. The summed E-state index contributed by atoms with van der Waals surface area (Å²) in [5, 5.41) is 7.08. The molecule has 11 aromatic rings. The predicted molar refractivity (Wildman–Crippen MR) is 245 cm³/mol. The molecule has 0 spiro atoms. The first-order valence-corrected chi connectivity index (χ1v) is 20.3. The van der Waals surface area contributed by atoms with E-state index in [2.05, 4.69) is 87.8 Å². The lowest BCUT2D eigenvalue weighted by atomic mass is 10.0. The molecule has 0 saturated heterocycles. The number of nitrogens with zero attached hydrogens (tertiary/aromatic N) is 4. The molecule has 0 unspecified atom stereocenters. The van der Waals surface area contributed by atoms with Gasteiger partial charge in [-0.15, -0.1) is 0 Å². The molecule has 0 amide bonds. The zero-order valence-electron chi connectivity index (χ0n) is 32.6. The lowest BCUT2D eigenvalue weighted by molar-refractivity contribution is 0.627. The van der Waals surface area contributed by atoms with Gasteiger partial charge in [-0.1, -0.05) is 97.1 Å². The maximum Gasteiger partial charge on any atom is 0.147 e. The van der Waals surface area contributed by atoms with Crippen LogP contribution in [0.2, 0.25) is 0 Å². The quantitative estimate of drug-likeness (QED) is 0.160. The molecule has 0 atom stereocenters. The number of benzene rings is 8. The predicted octanol–water partition coefficient (Wildman–Crippen LogP) is 14.8. The van der Waals surface area contributed by atoms with Crippen LogP contribution >= 0.6 is 0 Å². The van der Waals surface area contributed by atoms with Crippen LogP contribution in [0.3, 0.4) is 0 Å². The van der Waals surface area contributed by atoms with Crippen molar-refractivity contribution < 1.29 is 8.78 Å². The molecule has 8 aromatic carbocycles. The summed E-state index contributed by atoms with van der Waals surface area (Å²) in [6, 6.07) is 58.3. The molecule has 12 rings (SSSR count). The Balaban J connectivity index is 1.04. The highest BCUT2D eigenvalue weighted by atomic mass is 19.1. The summed E-state index contributed by atoms with van der Waals surface area (Å²) in [4.78, 5) is 3.98. The van der Waals surface area contributed by atoms with Gasteiger partial charge in [0.05, 0.1) is 39.0 Å².